The first-order valence-corrected chi connectivity index (χ1v) is 10.6. The number of aryl methyl sites for hydroxylation is 2. The highest BCUT2D eigenvalue weighted by Crippen LogP contribution is 2.30. The van der Waals surface area contributed by atoms with E-state index in [0.29, 0.717) is 25.3 Å². The zero-order valence-corrected chi connectivity index (χ0v) is 18.7. The molecule has 0 atom stereocenters. The molecule has 4 rings (SSSR count). The third-order valence-corrected chi connectivity index (χ3v) is 6.08. The van der Waals surface area contributed by atoms with Crippen LogP contribution in [0, 0.1) is 25.6 Å². The number of aromatic hydroxyl groups is 1. The van der Waals surface area contributed by atoms with E-state index < -0.39 is 23.1 Å². The Morgan fingerprint density at radius 1 is 1.24 bits per heavy atom. The summed E-state index contributed by atoms with van der Waals surface area (Å²) in [5, 5.41) is 21.2. The molecule has 10 heteroatoms. The zero-order chi connectivity index (χ0) is 23.9. The predicted molar refractivity (Wildman–Crippen MR) is 122 cm³/mol. The van der Waals surface area contributed by atoms with Crippen molar-refractivity contribution >= 4 is 29.1 Å². The standard InChI is InChI=1S/C23H22ClFN4O4/c1-12-5-15(6-13(2)16(12)11-28-9-14(10-28)23(32)33)29-4-3-26-21(22(29)31)27-19-7-17(24)20(30)8-18(19)25/h3-8,14,30H,9-11H2,1-2H3,(H,26,27)(H,32,33). The zero-order valence-electron chi connectivity index (χ0n) is 18.0. The van der Waals surface area contributed by atoms with Gasteiger partial charge in [0, 0.05) is 43.8 Å². The largest absolute Gasteiger partial charge is 0.506 e. The summed E-state index contributed by atoms with van der Waals surface area (Å²) in [6, 6.07) is 5.78. The number of aliphatic carboxylic acids is 1. The van der Waals surface area contributed by atoms with E-state index in [9.17, 15) is 19.1 Å². The van der Waals surface area contributed by atoms with Crippen molar-refractivity contribution in [3.05, 3.63) is 74.5 Å². The maximum absolute atomic E-state index is 14.2. The first kappa shape index (κ1) is 22.8. The van der Waals surface area contributed by atoms with Gasteiger partial charge in [-0.05, 0) is 48.7 Å². The van der Waals surface area contributed by atoms with E-state index >= 15 is 0 Å². The van der Waals surface area contributed by atoms with Crippen LogP contribution in [0.3, 0.4) is 0 Å². The number of rotatable bonds is 6. The van der Waals surface area contributed by atoms with E-state index in [2.05, 4.69) is 15.2 Å². The molecule has 3 N–H and O–H groups in total. The molecule has 0 saturated carbocycles. The summed E-state index contributed by atoms with van der Waals surface area (Å²) in [6.45, 7) is 5.57. The predicted octanol–water partition coefficient (Wildman–Crippen LogP) is 3.61. The van der Waals surface area contributed by atoms with Crippen LogP contribution in [0.5, 0.6) is 5.75 Å². The lowest BCUT2D eigenvalue weighted by Gasteiger charge is -2.37. The van der Waals surface area contributed by atoms with Crippen molar-refractivity contribution in [2.45, 2.75) is 20.4 Å². The van der Waals surface area contributed by atoms with Crippen LogP contribution in [0.15, 0.2) is 41.5 Å². The van der Waals surface area contributed by atoms with Crippen LogP contribution < -0.4 is 10.9 Å². The average Bonchev–Trinajstić information content (AvgIpc) is 2.71. The van der Waals surface area contributed by atoms with Gasteiger partial charge in [-0.2, -0.15) is 0 Å². The maximum atomic E-state index is 14.2. The number of hydrogen-bond donors (Lipinski definition) is 3. The lowest BCUT2D eigenvalue weighted by Crippen LogP contribution is -2.49. The summed E-state index contributed by atoms with van der Waals surface area (Å²) < 4.78 is 15.6. The van der Waals surface area contributed by atoms with Crippen molar-refractivity contribution in [3.8, 4) is 11.4 Å². The Labute approximate surface area is 193 Å². The number of hydrogen-bond acceptors (Lipinski definition) is 6. The smallest absolute Gasteiger partial charge is 0.309 e. The number of nitrogens with zero attached hydrogens (tertiary/aromatic N) is 3. The molecule has 2 heterocycles. The number of benzene rings is 2. The number of anilines is 2. The summed E-state index contributed by atoms with van der Waals surface area (Å²) in [5.74, 6) is -2.37. The van der Waals surface area contributed by atoms with E-state index in [0.717, 1.165) is 22.8 Å². The molecule has 0 aliphatic carbocycles. The van der Waals surface area contributed by atoms with Crippen LogP contribution in [-0.2, 0) is 11.3 Å². The molecule has 0 bridgehead atoms. The molecule has 1 fully saturated rings. The lowest BCUT2D eigenvalue weighted by molar-refractivity contribution is -0.147. The van der Waals surface area contributed by atoms with Gasteiger partial charge in [0.25, 0.3) is 5.56 Å². The Morgan fingerprint density at radius 3 is 2.55 bits per heavy atom. The summed E-state index contributed by atoms with van der Waals surface area (Å²) in [7, 11) is 0. The van der Waals surface area contributed by atoms with Crippen molar-refractivity contribution in [2.75, 3.05) is 18.4 Å². The second-order valence-corrected chi connectivity index (χ2v) is 8.55. The van der Waals surface area contributed by atoms with Gasteiger partial charge in [-0.3, -0.25) is 19.1 Å². The molecule has 2 aromatic carbocycles. The van der Waals surface area contributed by atoms with Crippen LogP contribution in [-0.4, -0.2) is 43.7 Å². The molecule has 1 saturated heterocycles. The third-order valence-electron chi connectivity index (χ3n) is 5.78. The van der Waals surface area contributed by atoms with Crippen molar-refractivity contribution in [1.29, 1.82) is 0 Å². The fourth-order valence-corrected chi connectivity index (χ4v) is 4.06. The van der Waals surface area contributed by atoms with Crippen molar-refractivity contribution in [2.24, 2.45) is 5.92 Å². The average molecular weight is 473 g/mol. The van der Waals surface area contributed by atoms with Gasteiger partial charge in [-0.25, -0.2) is 9.37 Å². The number of carboxylic acids is 1. The number of nitrogens with one attached hydrogen (secondary N) is 1. The number of phenols is 1. The Bertz CT molecular complexity index is 1280. The maximum Gasteiger partial charge on any atom is 0.309 e. The van der Waals surface area contributed by atoms with Gasteiger partial charge < -0.3 is 15.5 Å². The first-order valence-electron chi connectivity index (χ1n) is 10.2. The second-order valence-electron chi connectivity index (χ2n) is 8.15. The Kier molecular flexibility index (Phi) is 6.09. The van der Waals surface area contributed by atoms with Crippen molar-refractivity contribution in [3.63, 3.8) is 0 Å². The Morgan fingerprint density at radius 2 is 1.91 bits per heavy atom. The lowest BCUT2D eigenvalue weighted by atomic mass is 9.96. The fraction of sp³-hybridized carbons (Fsp3) is 0.261. The molecular weight excluding hydrogens is 451 g/mol. The third kappa shape index (κ3) is 4.55. The van der Waals surface area contributed by atoms with Crippen LogP contribution >= 0.6 is 11.6 Å². The Balaban J connectivity index is 1.60. The monoisotopic (exact) mass is 472 g/mol. The Hall–Kier alpha value is -3.43. The van der Waals surface area contributed by atoms with Gasteiger partial charge in [-0.1, -0.05) is 11.6 Å². The van der Waals surface area contributed by atoms with Gasteiger partial charge in [0.2, 0.25) is 0 Å². The topological polar surface area (TPSA) is 108 Å². The van der Waals surface area contributed by atoms with E-state index in [1.807, 2.05) is 26.0 Å². The summed E-state index contributed by atoms with van der Waals surface area (Å²) in [6.07, 6.45) is 2.95. The van der Waals surface area contributed by atoms with E-state index in [4.69, 9.17) is 16.7 Å². The van der Waals surface area contributed by atoms with Gasteiger partial charge in [-0.15, -0.1) is 0 Å². The second kappa shape index (κ2) is 8.84. The molecule has 3 aromatic rings. The number of phenolic OH excluding ortho intramolecular Hbond substituents is 1. The molecule has 1 aliphatic heterocycles. The minimum absolute atomic E-state index is 0.0612. The number of carboxylic acid groups (broad SMARTS) is 1. The molecule has 8 nitrogen and oxygen atoms in total. The highest BCUT2D eigenvalue weighted by Gasteiger charge is 2.32. The highest BCUT2D eigenvalue weighted by atomic mass is 35.5. The molecule has 0 radical (unpaired) electrons. The van der Waals surface area contributed by atoms with Crippen molar-refractivity contribution < 1.29 is 19.4 Å². The number of carbonyl (C=O) groups is 1. The molecule has 33 heavy (non-hydrogen) atoms. The van der Waals surface area contributed by atoms with Gasteiger partial charge >= 0.3 is 5.97 Å². The molecule has 172 valence electrons. The molecule has 1 aliphatic rings. The number of aromatic nitrogens is 2. The molecule has 1 aromatic heterocycles. The minimum atomic E-state index is -0.777. The van der Waals surface area contributed by atoms with Gasteiger partial charge in [0.1, 0.15) is 11.6 Å². The minimum Gasteiger partial charge on any atom is -0.506 e. The SMILES string of the molecule is Cc1cc(-n2ccnc(Nc3cc(Cl)c(O)cc3F)c2=O)cc(C)c1CN1CC(C(=O)O)C1. The summed E-state index contributed by atoms with van der Waals surface area (Å²) >= 11 is 5.85. The van der Waals surface area contributed by atoms with Gasteiger partial charge in [0.05, 0.1) is 16.6 Å². The fourth-order valence-electron chi connectivity index (χ4n) is 3.90. The number of halogens is 2. The van der Waals surface area contributed by atoms with Crippen LogP contribution in [0.25, 0.3) is 5.69 Å². The van der Waals surface area contributed by atoms with E-state index in [-0.39, 0.29) is 22.4 Å². The number of likely N-dealkylation sites (tertiary alicyclic amines) is 1. The van der Waals surface area contributed by atoms with Crippen LogP contribution in [0.1, 0.15) is 16.7 Å². The van der Waals surface area contributed by atoms with Crippen LogP contribution in [0.2, 0.25) is 5.02 Å². The van der Waals surface area contributed by atoms with Crippen LogP contribution in [0.4, 0.5) is 15.9 Å². The van der Waals surface area contributed by atoms with Gasteiger partial charge in [0.15, 0.2) is 5.82 Å². The summed E-state index contributed by atoms with van der Waals surface area (Å²) in [5.41, 5.74) is 3.08. The normalized spacial score (nSPS) is 14.2. The first-order chi connectivity index (χ1) is 15.6. The summed E-state index contributed by atoms with van der Waals surface area (Å²) in [4.78, 5) is 30.2. The molecule has 0 unspecified atom stereocenters. The molecule has 0 amide bonds. The highest BCUT2D eigenvalue weighted by molar-refractivity contribution is 6.32. The van der Waals surface area contributed by atoms with Crippen molar-refractivity contribution in [1.82, 2.24) is 14.5 Å². The molecular formula is C23H22ClFN4O4. The molecule has 0 spiro atoms. The van der Waals surface area contributed by atoms with E-state index in [1.54, 1.807) is 0 Å². The van der Waals surface area contributed by atoms with E-state index in [1.165, 1.54) is 23.0 Å². The quantitative estimate of drug-likeness (QED) is 0.470.